The van der Waals surface area contributed by atoms with Crippen LogP contribution in [0.2, 0.25) is 0 Å². The van der Waals surface area contributed by atoms with Crippen molar-refractivity contribution in [2.45, 2.75) is 19.8 Å². The second kappa shape index (κ2) is 2.52. The van der Waals surface area contributed by atoms with Gasteiger partial charge in [-0.3, -0.25) is 0 Å². The molecule has 0 aromatic carbocycles. The topological polar surface area (TPSA) is 54.5 Å². The summed E-state index contributed by atoms with van der Waals surface area (Å²) in [7, 11) is 0. The van der Waals surface area contributed by atoms with Crippen LogP contribution >= 0.6 is 0 Å². The van der Waals surface area contributed by atoms with E-state index in [2.05, 4.69) is 15.5 Å². The number of nitrogens with zero attached hydrogens (tertiary/aromatic N) is 3. The lowest BCUT2D eigenvalue weighted by Crippen LogP contribution is -2.22. The minimum absolute atomic E-state index is 0.479. The van der Waals surface area contributed by atoms with Gasteiger partial charge in [0.1, 0.15) is 0 Å². The number of aromatic amines is 1. The van der Waals surface area contributed by atoms with E-state index < -0.39 is 17.7 Å². The molecule has 1 N–H and O–H groups in total. The molecule has 0 aliphatic rings. The molecule has 0 bridgehead atoms. The van der Waals surface area contributed by atoms with Crippen molar-refractivity contribution in [1.29, 1.82) is 0 Å². The summed E-state index contributed by atoms with van der Waals surface area (Å²) in [5.41, 5.74) is 0. The summed E-state index contributed by atoms with van der Waals surface area (Å²) in [4.78, 5) is 0. The van der Waals surface area contributed by atoms with Gasteiger partial charge >= 0.3 is 5.92 Å². The Kier molecular flexibility index (Phi) is 1.84. The molecule has 4 nitrogen and oxygen atoms in total. The van der Waals surface area contributed by atoms with Crippen LogP contribution in [0.3, 0.4) is 0 Å². The first-order valence-electron chi connectivity index (χ1n) is 3.17. The van der Waals surface area contributed by atoms with E-state index in [1.54, 1.807) is 0 Å². The molecule has 0 saturated carbocycles. The second-order valence-corrected chi connectivity index (χ2v) is 2.53. The van der Waals surface area contributed by atoms with Crippen LogP contribution in [0.4, 0.5) is 8.78 Å². The van der Waals surface area contributed by atoms with E-state index in [0.29, 0.717) is 0 Å². The van der Waals surface area contributed by atoms with Crippen LogP contribution in [-0.2, 0) is 5.92 Å². The van der Waals surface area contributed by atoms with Crippen molar-refractivity contribution < 1.29 is 8.78 Å². The predicted molar refractivity (Wildman–Crippen MR) is 32.9 cm³/mol. The first-order chi connectivity index (χ1) is 5.05. The Bertz CT molecular complexity index is 218. The van der Waals surface area contributed by atoms with Crippen LogP contribution in [0.1, 0.15) is 19.7 Å². The average Bonchev–Trinajstić information content (AvgIpc) is 2.37. The molecule has 62 valence electrons. The summed E-state index contributed by atoms with van der Waals surface area (Å²) in [6, 6.07) is 0. The highest BCUT2D eigenvalue weighted by molar-refractivity contribution is 4.91. The van der Waals surface area contributed by atoms with E-state index in [0.717, 1.165) is 0 Å². The van der Waals surface area contributed by atoms with E-state index >= 15 is 0 Å². The van der Waals surface area contributed by atoms with Crippen LogP contribution in [0.25, 0.3) is 0 Å². The molecule has 0 amide bonds. The highest BCUT2D eigenvalue weighted by Gasteiger charge is 2.39. The third-order valence-corrected chi connectivity index (χ3v) is 1.39. The average molecular weight is 162 g/mol. The summed E-state index contributed by atoms with van der Waals surface area (Å²) in [6.45, 7) is 2.81. The van der Waals surface area contributed by atoms with Crippen LogP contribution < -0.4 is 0 Å². The zero-order valence-corrected chi connectivity index (χ0v) is 6.17. The van der Waals surface area contributed by atoms with Crippen LogP contribution in [-0.4, -0.2) is 20.6 Å². The van der Waals surface area contributed by atoms with Crippen molar-refractivity contribution in [2.75, 3.05) is 0 Å². The maximum absolute atomic E-state index is 12.9. The lowest BCUT2D eigenvalue weighted by Gasteiger charge is -2.15. The molecule has 0 spiro atoms. The second-order valence-electron chi connectivity index (χ2n) is 2.53. The normalized spacial score (nSPS) is 12.5. The van der Waals surface area contributed by atoms with Gasteiger partial charge in [0.2, 0.25) is 5.82 Å². The summed E-state index contributed by atoms with van der Waals surface area (Å²) in [5, 5.41) is 11.3. The van der Waals surface area contributed by atoms with Crippen LogP contribution in [0.5, 0.6) is 0 Å². The summed E-state index contributed by atoms with van der Waals surface area (Å²) >= 11 is 0. The minimum atomic E-state index is -2.97. The molecule has 1 heterocycles. The van der Waals surface area contributed by atoms with Crippen molar-refractivity contribution in [3.63, 3.8) is 0 Å². The van der Waals surface area contributed by atoms with Crippen LogP contribution in [0.15, 0.2) is 0 Å². The van der Waals surface area contributed by atoms with Crippen LogP contribution in [0, 0.1) is 5.92 Å². The van der Waals surface area contributed by atoms with E-state index in [9.17, 15) is 8.78 Å². The maximum Gasteiger partial charge on any atom is 0.310 e. The molecule has 1 rings (SSSR count). The molecule has 0 radical (unpaired) electrons. The lowest BCUT2D eigenvalue weighted by atomic mass is 10.1. The van der Waals surface area contributed by atoms with Gasteiger partial charge in [0.25, 0.3) is 0 Å². The van der Waals surface area contributed by atoms with Gasteiger partial charge < -0.3 is 0 Å². The molecule has 0 unspecified atom stereocenters. The fourth-order valence-corrected chi connectivity index (χ4v) is 0.574. The number of tetrazole rings is 1. The van der Waals surface area contributed by atoms with E-state index in [1.165, 1.54) is 13.8 Å². The molecule has 1 aromatic rings. The molecule has 0 saturated heterocycles. The Hall–Kier alpha value is -1.07. The number of alkyl halides is 2. The monoisotopic (exact) mass is 162 g/mol. The first-order valence-corrected chi connectivity index (χ1v) is 3.17. The Labute approximate surface area is 62.0 Å². The number of H-pyrrole nitrogens is 1. The van der Waals surface area contributed by atoms with Crippen molar-refractivity contribution in [2.24, 2.45) is 5.92 Å². The Morgan fingerprint density at radius 1 is 1.45 bits per heavy atom. The molecule has 0 fully saturated rings. The van der Waals surface area contributed by atoms with Gasteiger partial charge in [0.15, 0.2) is 0 Å². The highest BCUT2D eigenvalue weighted by Crippen LogP contribution is 2.32. The third kappa shape index (κ3) is 1.33. The van der Waals surface area contributed by atoms with Crippen molar-refractivity contribution in [1.82, 2.24) is 20.6 Å². The van der Waals surface area contributed by atoms with Gasteiger partial charge in [0, 0.05) is 5.92 Å². The Morgan fingerprint density at radius 3 is 2.45 bits per heavy atom. The minimum Gasteiger partial charge on any atom is -0.238 e. The predicted octanol–water partition coefficient (Wildman–Crippen LogP) is 0.947. The van der Waals surface area contributed by atoms with Crippen molar-refractivity contribution in [3.05, 3.63) is 5.82 Å². The molecular weight excluding hydrogens is 154 g/mol. The van der Waals surface area contributed by atoms with Crippen molar-refractivity contribution >= 4 is 0 Å². The lowest BCUT2D eigenvalue weighted by molar-refractivity contribution is -0.0597. The van der Waals surface area contributed by atoms with Gasteiger partial charge in [-0.25, -0.2) is 5.10 Å². The fraction of sp³-hybridized carbons (Fsp3) is 0.800. The van der Waals surface area contributed by atoms with E-state index in [1.807, 2.05) is 5.10 Å². The van der Waals surface area contributed by atoms with Gasteiger partial charge in [-0.2, -0.15) is 8.78 Å². The van der Waals surface area contributed by atoms with Gasteiger partial charge in [-0.1, -0.05) is 13.8 Å². The van der Waals surface area contributed by atoms with E-state index in [-0.39, 0.29) is 0 Å². The number of rotatable bonds is 2. The molecular formula is C5H8F2N4. The third-order valence-electron chi connectivity index (χ3n) is 1.39. The first kappa shape index (κ1) is 8.03. The molecule has 0 atom stereocenters. The molecule has 1 aromatic heterocycles. The number of halogens is 2. The van der Waals surface area contributed by atoms with Gasteiger partial charge in [-0.15, -0.1) is 5.10 Å². The van der Waals surface area contributed by atoms with E-state index in [4.69, 9.17) is 0 Å². The fourth-order valence-electron chi connectivity index (χ4n) is 0.574. The number of hydrogen-bond acceptors (Lipinski definition) is 3. The smallest absolute Gasteiger partial charge is 0.238 e. The quantitative estimate of drug-likeness (QED) is 0.704. The zero-order valence-electron chi connectivity index (χ0n) is 6.17. The number of nitrogens with one attached hydrogen (secondary N) is 1. The summed E-state index contributed by atoms with van der Waals surface area (Å²) in [5.74, 6) is -4.26. The number of hydrogen-bond donors (Lipinski definition) is 1. The maximum atomic E-state index is 12.9. The number of aromatic nitrogens is 4. The SMILES string of the molecule is CC(C)C(F)(F)c1nnn[nH]1. The standard InChI is InChI=1S/C5H8F2N4/c1-3(2)5(6,7)4-8-10-11-9-4/h3H,1-2H3,(H,8,9,10,11). The largest absolute Gasteiger partial charge is 0.310 e. The molecule has 0 aliphatic carbocycles. The van der Waals surface area contributed by atoms with Gasteiger partial charge in [0.05, 0.1) is 0 Å². The molecule has 0 aliphatic heterocycles. The molecule has 6 heteroatoms. The zero-order chi connectivity index (χ0) is 8.48. The molecule has 11 heavy (non-hydrogen) atoms. The summed E-state index contributed by atoms with van der Waals surface area (Å²) < 4.78 is 25.9. The Balaban J connectivity index is 2.90. The van der Waals surface area contributed by atoms with Gasteiger partial charge in [-0.05, 0) is 10.4 Å². The Morgan fingerprint density at radius 2 is 2.09 bits per heavy atom. The highest BCUT2D eigenvalue weighted by atomic mass is 19.3. The summed E-state index contributed by atoms with van der Waals surface area (Å²) in [6.07, 6.45) is 0. The van der Waals surface area contributed by atoms with Crippen molar-refractivity contribution in [3.8, 4) is 0 Å².